The average Bonchev–Trinajstić information content (AvgIpc) is 2.88. The number of nitrogens with two attached hydrogens (primary N) is 1. The number of rotatable bonds is 2. The van der Waals surface area contributed by atoms with Crippen molar-refractivity contribution in [2.75, 3.05) is 5.73 Å². The highest BCUT2D eigenvalue weighted by molar-refractivity contribution is 7.17. The van der Waals surface area contributed by atoms with Gasteiger partial charge in [0.05, 0.1) is 6.20 Å². The van der Waals surface area contributed by atoms with Crippen LogP contribution in [0.3, 0.4) is 0 Å². The van der Waals surface area contributed by atoms with Crippen LogP contribution in [0, 0.1) is 0 Å². The smallest absolute Gasteiger partial charge is 0.263 e. The molecule has 0 saturated heterocycles. The molecule has 0 aliphatic heterocycles. The Kier molecular flexibility index (Phi) is 7.00. The van der Waals surface area contributed by atoms with Gasteiger partial charge in [-0.25, -0.2) is 4.98 Å². The number of carbonyl (C=O) groups is 1. The Morgan fingerprint density at radius 3 is 2.05 bits per heavy atom. The van der Waals surface area contributed by atoms with E-state index in [4.69, 9.17) is 5.73 Å². The molecule has 1 aliphatic rings. The summed E-state index contributed by atoms with van der Waals surface area (Å²) in [6, 6.07) is 0.306. The van der Waals surface area contributed by atoms with Crippen molar-refractivity contribution in [1.29, 1.82) is 0 Å². The maximum absolute atomic E-state index is 12.2. The lowest BCUT2D eigenvalue weighted by Gasteiger charge is -2.19. The number of nitrogens with one attached hydrogen (secondary N) is 1. The van der Waals surface area contributed by atoms with E-state index in [1.807, 2.05) is 0 Å². The average molecular weight is 309 g/mol. The largest absolute Gasteiger partial charge is 0.375 e. The maximum atomic E-state index is 12.2. The third-order valence-electron chi connectivity index (χ3n) is 4.19. The first-order valence-electron chi connectivity index (χ1n) is 8.28. The van der Waals surface area contributed by atoms with Crippen LogP contribution in [-0.2, 0) is 0 Å². The number of aromatic nitrogens is 1. The number of nitrogens with zero attached hydrogens (tertiary/aromatic N) is 1. The van der Waals surface area contributed by atoms with E-state index < -0.39 is 0 Å². The monoisotopic (exact) mass is 309 g/mol. The third kappa shape index (κ3) is 6.04. The van der Waals surface area contributed by atoms with Gasteiger partial charge in [0.25, 0.3) is 5.91 Å². The van der Waals surface area contributed by atoms with Crippen LogP contribution in [0.4, 0.5) is 5.13 Å². The number of nitrogen functional groups attached to an aromatic ring is 1. The van der Waals surface area contributed by atoms with E-state index in [1.54, 1.807) is 6.20 Å². The van der Waals surface area contributed by atoms with E-state index in [9.17, 15) is 4.79 Å². The molecule has 1 fully saturated rings. The molecule has 0 atom stereocenters. The normalized spacial score (nSPS) is 19.4. The Morgan fingerprint density at radius 2 is 1.57 bits per heavy atom. The molecule has 0 radical (unpaired) electrons. The summed E-state index contributed by atoms with van der Waals surface area (Å²) in [5, 5.41) is 3.63. The lowest BCUT2D eigenvalue weighted by Crippen LogP contribution is -2.34. The molecule has 118 valence electrons. The number of hydrogen-bond donors (Lipinski definition) is 2. The quantitative estimate of drug-likeness (QED) is 0.863. The van der Waals surface area contributed by atoms with Crippen molar-refractivity contribution in [2.24, 2.45) is 0 Å². The second-order valence-electron chi connectivity index (χ2n) is 5.99. The van der Waals surface area contributed by atoms with Gasteiger partial charge in [-0.1, -0.05) is 69.1 Å². The van der Waals surface area contributed by atoms with E-state index >= 15 is 0 Å². The van der Waals surface area contributed by atoms with Crippen molar-refractivity contribution in [3.63, 3.8) is 0 Å². The number of amides is 1. The molecule has 5 heteroatoms. The Balaban J connectivity index is 1.83. The van der Waals surface area contributed by atoms with Crippen molar-refractivity contribution >= 4 is 22.4 Å². The number of carbonyl (C=O) groups excluding carboxylic acids is 1. The van der Waals surface area contributed by atoms with Crippen LogP contribution in [0.25, 0.3) is 0 Å². The summed E-state index contributed by atoms with van der Waals surface area (Å²) >= 11 is 1.26. The number of hydrogen-bond acceptors (Lipinski definition) is 4. The van der Waals surface area contributed by atoms with Crippen LogP contribution < -0.4 is 11.1 Å². The van der Waals surface area contributed by atoms with Gasteiger partial charge in [0.2, 0.25) is 0 Å². The highest BCUT2D eigenvalue weighted by Crippen LogP contribution is 2.19. The highest BCUT2D eigenvalue weighted by Gasteiger charge is 2.15. The minimum Gasteiger partial charge on any atom is -0.375 e. The fourth-order valence-electron chi connectivity index (χ4n) is 2.96. The Hall–Kier alpha value is -1.10. The van der Waals surface area contributed by atoms with Gasteiger partial charge < -0.3 is 11.1 Å². The molecule has 2 rings (SSSR count). The molecule has 1 saturated carbocycles. The predicted octanol–water partition coefficient (Wildman–Crippen LogP) is 4.13. The molecule has 0 spiro atoms. The zero-order valence-electron chi connectivity index (χ0n) is 12.8. The van der Waals surface area contributed by atoms with Gasteiger partial charge >= 0.3 is 0 Å². The molecule has 0 aromatic carbocycles. The Morgan fingerprint density at radius 1 is 1.05 bits per heavy atom. The van der Waals surface area contributed by atoms with E-state index in [1.165, 1.54) is 69.1 Å². The first-order valence-corrected chi connectivity index (χ1v) is 9.09. The van der Waals surface area contributed by atoms with Crippen molar-refractivity contribution in [1.82, 2.24) is 10.3 Å². The Labute approximate surface area is 131 Å². The van der Waals surface area contributed by atoms with E-state index in [0.29, 0.717) is 16.1 Å². The zero-order chi connectivity index (χ0) is 14.9. The van der Waals surface area contributed by atoms with Crippen molar-refractivity contribution in [2.45, 2.75) is 76.7 Å². The molecule has 3 N–H and O–H groups in total. The van der Waals surface area contributed by atoms with E-state index in [2.05, 4.69) is 10.3 Å². The van der Waals surface area contributed by atoms with Gasteiger partial charge in [-0.05, 0) is 12.8 Å². The second-order valence-corrected chi connectivity index (χ2v) is 7.05. The van der Waals surface area contributed by atoms with Crippen LogP contribution >= 0.6 is 11.3 Å². The molecule has 1 aliphatic carbocycles. The van der Waals surface area contributed by atoms with Gasteiger partial charge in [0, 0.05) is 6.04 Å². The molecular formula is C16H27N3OS. The molecule has 0 unspecified atom stereocenters. The van der Waals surface area contributed by atoms with Crippen LogP contribution in [0.1, 0.15) is 80.3 Å². The van der Waals surface area contributed by atoms with Gasteiger partial charge in [-0.3, -0.25) is 4.79 Å². The minimum absolute atomic E-state index is 0.0127. The minimum atomic E-state index is -0.0127. The van der Waals surface area contributed by atoms with Gasteiger partial charge in [-0.2, -0.15) is 0 Å². The molecule has 1 aromatic heterocycles. The summed E-state index contributed by atoms with van der Waals surface area (Å²) in [7, 11) is 0. The summed E-state index contributed by atoms with van der Waals surface area (Å²) in [6.45, 7) is 0. The maximum Gasteiger partial charge on any atom is 0.263 e. The topological polar surface area (TPSA) is 68.0 Å². The van der Waals surface area contributed by atoms with Crippen LogP contribution in [0.15, 0.2) is 6.20 Å². The fourth-order valence-corrected chi connectivity index (χ4v) is 3.54. The Bertz CT molecular complexity index is 421. The predicted molar refractivity (Wildman–Crippen MR) is 88.6 cm³/mol. The zero-order valence-corrected chi connectivity index (χ0v) is 13.6. The molecule has 21 heavy (non-hydrogen) atoms. The first kappa shape index (κ1) is 16.3. The summed E-state index contributed by atoms with van der Waals surface area (Å²) < 4.78 is 0. The van der Waals surface area contributed by atoms with Crippen molar-refractivity contribution in [3.05, 3.63) is 11.1 Å². The van der Waals surface area contributed by atoms with Crippen molar-refractivity contribution in [3.8, 4) is 0 Å². The molecule has 4 nitrogen and oxygen atoms in total. The fraction of sp³-hybridized carbons (Fsp3) is 0.750. The van der Waals surface area contributed by atoms with Crippen LogP contribution in [-0.4, -0.2) is 16.9 Å². The molecule has 0 bridgehead atoms. The first-order chi connectivity index (χ1) is 10.3. The van der Waals surface area contributed by atoms with Gasteiger partial charge in [0.15, 0.2) is 5.13 Å². The summed E-state index contributed by atoms with van der Waals surface area (Å²) in [5.41, 5.74) is 5.59. The summed E-state index contributed by atoms with van der Waals surface area (Å²) in [5.74, 6) is -0.0127. The van der Waals surface area contributed by atoms with Crippen LogP contribution in [0.5, 0.6) is 0 Å². The van der Waals surface area contributed by atoms with Gasteiger partial charge in [-0.15, -0.1) is 0 Å². The number of thiazole rings is 1. The van der Waals surface area contributed by atoms with Crippen LogP contribution in [0.2, 0.25) is 0 Å². The highest BCUT2D eigenvalue weighted by atomic mass is 32.1. The third-order valence-corrected chi connectivity index (χ3v) is 5.01. The van der Waals surface area contributed by atoms with E-state index in [-0.39, 0.29) is 5.91 Å². The van der Waals surface area contributed by atoms with Crippen molar-refractivity contribution < 1.29 is 4.79 Å². The van der Waals surface area contributed by atoms with Gasteiger partial charge in [0.1, 0.15) is 4.88 Å². The lowest BCUT2D eigenvalue weighted by molar-refractivity contribution is 0.0935. The summed E-state index contributed by atoms with van der Waals surface area (Å²) in [4.78, 5) is 16.8. The summed E-state index contributed by atoms with van der Waals surface area (Å²) in [6.07, 6.45) is 15.6. The standard InChI is InChI=1S/C16H27N3OS/c17-16-18-12-14(21-16)15(20)19-13-10-8-6-4-2-1-3-5-7-9-11-13/h12-13H,1-11H2,(H2,17,18)(H,19,20). The molecule has 1 aromatic rings. The lowest BCUT2D eigenvalue weighted by atomic mass is 9.98. The number of anilines is 1. The van der Waals surface area contributed by atoms with E-state index in [0.717, 1.165) is 12.8 Å². The molecule has 1 heterocycles. The SMILES string of the molecule is Nc1ncc(C(=O)NC2CCCCCCCCCCC2)s1. The molecular weight excluding hydrogens is 282 g/mol. The second kappa shape index (κ2) is 9.03. The molecule has 1 amide bonds.